The monoisotopic (exact) mass is 326 g/mol. The van der Waals surface area contributed by atoms with Crippen LogP contribution in [0.15, 0.2) is 18.2 Å². The van der Waals surface area contributed by atoms with E-state index < -0.39 is 0 Å². The van der Waals surface area contributed by atoms with Crippen LogP contribution in [0.2, 0.25) is 5.02 Å². The molecule has 1 aromatic heterocycles. The number of hydrogen-bond donors (Lipinski definition) is 1. The Morgan fingerprint density at radius 3 is 2.67 bits per heavy atom. The molecule has 1 aromatic carbocycles. The molecule has 5 heteroatoms. The summed E-state index contributed by atoms with van der Waals surface area (Å²) in [6, 6.07) is 5.05. The van der Waals surface area contributed by atoms with E-state index in [1.165, 1.54) is 4.88 Å². The van der Waals surface area contributed by atoms with Gasteiger partial charge >= 0.3 is 0 Å². The molecule has 2 nitrogen and oxygen atoms in total. The first kappa shape index (κ1) is 16.4. The third-order valence-electron chi connectivity index (χ3n) is 3.28. The molecular weight excluding hydrogens is 307 g/mol. The van der Waals surface area contributed by atoms with Gasteiger partial charge in [-0.25, -0.2) is 9.37 Å². The fraction of sp³-hybridized carbons (Fsp3) is 0.438. The minimum atomic E-state index is -0.372. The lowest BCUT2D eigenvalue weighted by Gasteiger charge is -2.20. The second-order valence-corrected chi connectivity index (χ2v) is 6.95. The highest BCUT2D eigenvalue weighted by molar-refractivity contribution is 7.11. The van der Waals surface area contributed by atoms with Gasteiger partial charge in [0.05, 0.1) is 16.8 Å². The molecule has 2 rings (SSSR count). The van der Waals surface area contributed by atoms with E-state index in [0.717, 1.165) is 17.1 Å². The predicted molar refractivity (Wildman–Crippen MR) is 87.8 cm³/mol. The van der Waals surface area contributed by atoms with Crippen molar-refractivity contribution in [3.05, 3.63) is 50.2 Å². The summed E-state index contributed by atoms with van der Waals surface area (Å²) in [6.45, 7) is 8.21. The number of benzene rings is 1. The van der Waals surface area contributed by atoms with E-state index in [2.05, 4.69) is 24.1 Å². The summed E-state index contributed by atoms with van der Waals surface area (Å²) in [5.74, 6) is -0.372. The first-order valence-corrected chi connectivity index (χ1v) is 8.29. The largest absolute Gasteiger partial charge is 0.302 e. The molecule has 1 heterocycles. The van der Waals surface area contributed by atoms with Crippen LogP contribution >= 0.6 is 22.9 Å². The summed E-state index contributed by atoms with van der Waals surface area (Å²) in [7, 11) is 0. The number of nitrogens with zero attached hydrogens (tertiary/aromatic N) is 1. The second kappa shape index (κ2) is 6.86. The van der Waals surface area contributed by atoms with Gasteiger partial charge in [0.15, 0.2) is 0 Å². The van der Waals surface area contributed by atoms with Gasteiger partial charge in [-0.2, -0.15) is 0 Å². The smallest absolute Gasteiger partial charge is 0.146 e. The van der Waals surface area contributed by atoms with Gasteiger partial charge in [0.1, 0.15) is 10.8 Å². The Kier molecular flexibility index (Phi) is 5.36. The maximum atomic E-state index is 14.4. The minimum absolute atomic E-state index is 0.145. The number of aromatic nitrogens is 1. The zero-order chi connectivity index (χ0) is 15.6. The van der Waals surface area contributed by atoms with Crippen LogP contribution in [-0.2, 0) is 6.42 Å². The quantitative estimate of drug-likeness (QED) is 0.845. The van der Waals surface area contributed by atoms with E-state index in [-0.39, 0.29) is 22.9 Å². The third kappa shape index (κ3) is 3.62. The molecule has 1 unspecified atom stereocenters. The van der Waals surface area contributed by atoms with Crippen LogP contribution in [0, 0.1) is 12.7 Å². The number of halogens is 2. The molecule has 0 aliphatic carbocycles. The fourth-order valence-corrected chi connectivity index (χ4v) is 3.54. The molecule has 1 atom stereocenters. The van der Waals surface area contributed by atoms with Gasteiger partial charge in [0.2, 0.25) is 0 Å². The highest BCUT2D eigenvalue weighted by Gasteiger charge is 2.23. The van der Waals surface area contributed by atoms with Gasteiger partial charge in [-0.3, -0.25) is 0 Å². The van der Waals surface area contributed by atoms with Crippen molar-refractivity contribution in [1.29, 1.82) is 0 Å². The zero-order valence-corrected chi connectivity index (χ0v) is 14.3. The van der Waals surface area contributed by atoms with Gasteiger partial charge in [-0.05, 0) is 33.3 Å². The van der Waals surface area contributed by atoms with Gasteiger partial charge in [0, 0.05) is 16.5 Å². The lowest BCUT2D eigenvalue weighted by Crippen LogP contribution is -2.29. The van der Waals surface area contributed by atoms with Crippen molar-refractivity contribution >= 4 is 22.9 Å². The first-order chi connectivity index (χ1) is 9.93. The number of thiazole rings is 1. The molecule has 0 radical (unpaired) electrons. The summed E-state index contributed by atoms with van der Waals surface area (Å²) in [4.78, 5) is 5.86. The molecule has 0 spiro atoms. The van der Waals surface area contributed by atoms with Crippen molar-refractivity contribution < 1.29 is 4.39 Å². The van der Waals surface area contributed by atoms with Crippen molar-refractivity contribution in [1.82, 2.24) is 10.3 Å². The molecule has 0 amide bonds. The normalized spacial score (nSPS) is 12.9. The average Bonchev–Trinajstić information content (AvgIpc) is 2.80. The molecule has 114 valence electrons. The van der Waals surface area contributed by atoms with Crippen LogP contribution in [0.25, 0.3) is 0 Å². The summed E-state index contributed by atoms with van der Waals surface area (Å²) >= 11 is 7.54. The van der Waals surface area contributed by atoms with Crippen molar-refractivity contribution in [2.24, 2.45) is 0 Å². The van der Waals surface area contributed by atoms with Crippen LogP contribution in [0.5, 0.6) is 0 Å². The maximum absolute atomic E-state index is 14.4. The van der Waals surface area contributed by atoms with E-state index in [1.807, 2.05) is 13.8 Å². The SMILES string of the molecule is CCc1nc(C(NC(C)C)c2cccc(Cl)c2F)sc1C. The van der Waals surface area contributed by atoms with E-state index in [0.29, 0.717) is 5.56 Å². The Morgan fingerprint density at radius 2 is 2.10 bits per heavy atom. The number of nitrogens with one attached hydrogen (secondary N) is 1. The molecule has 1 N–H and O–H groups in total. The molecule has 21 heavy (non-hydrogen) atoms. The molecule has 0 bridgehead atoms. The van der Waals surface area contributed by atoms with Crippen LogP contribution in [-0.4, -0.2) is 11.0 Å². The molecular formula is C16H20ClFN2S. The van der Waals surface area contributed by atoms with Crippen molar-refractivity contribution in [2.45, 2.75) is 46.2 Å². The topological polar surface area (TPSA) is 24.9 Å². The summed E-state index contributed by atoms with van der Waals surface area (Å²) < 4.78 is 14.4. The average molecular weight is 327 g/mol. The van der Waals surface area contributed by atoms with E-state index in [4.69, 9.17) is 11.6 Å². The summed E-state index contributed by atoms with van der Waals surface area (Å²) in [5.41, 5.74) is 1.63. The fourth-order valence-electron chi connectivity index (χ4n) is 2.27. The van der Waals surface area contributed by atoms with Crippen molar-refractivity contribution in [3.8, 4) is 0 Å². The van der Waals surface area contributed by atoms with E-state index >= 15 is 0 Å². The summed E-state index contributed by atoms with van der Waals surface area (Å²) in [5, 5.41) is 4.43. The van der Waals surface area contributed by atoms with Crippen LogP contribution in [0.3, 0.4) is 0 Å². The Morgan fingerprint density at radius 1 is 1.38 bits per heavy atom. The lowest BCUT2D eigenvalue weighted by atomic mass is 10.1. The Labute approximate surface area is 134 Å². The van der Waals surface area contributed by atoms with Crippen molar-refractivity contribution in [2.75, 3.05) is 0 Å². The number of aryl methyl sites for hydroxylation is 2. The molecule has 0 saturated heterocycles. The second-order valence-electron chi connectivity index (χ2n) is 5.31. The molecule has 0 saturated carbocycles. The highest BCUT2D eigenvalue weighted by atomic mass is 35.5. The van der Waals surface area contributed by atoms with E-state index in [9.17, 15) is 4.39 Å². The first-order valence-electron chi connectivity index (χ1n) is 7.10. The molecule has 2 aromatic rings. The van der Waals surface area contributed by atoms with Gasteiger partial charge in [0.25, 0.3) is 0 Å². The zero-order valence-electron chi connectivity index (χ0n) is 12.7. The highest BCUT2D eigenvalue weighted by Crippen LogP contribution is 2.32. The van der Waals surface area contributed by atoms with E-state index in [1.54, 1.807) is 29.5 Å². The van der Waals surface area contributed by atoms with Crippen LogP contribution < -0.4 is 5.32 Å². The van der Waals surface area contributed by atoms with Gasteiger partial charge < -0.3 is 5.32 Å². The third-order valence-corrected chi connectivity index (χ3v) is 4.65. The van der Waals surface area contributed by atoms with Crippen molar-refractivity contribution in [3.63, 3.8) is 0 Å². The maximum Gasteiger partial charge on any atom is 0.146 e. The standard InChI is InChI=1S/C16H20ClFN2S/c1-5-13-10(4)21-16(20-13)15(19-9(2)3)11-7-6-8-12(17)14(11)18/h6-9,15,19H,5H2,1-4H3. The Hall–Kier alpha value is -0.970. The van der Waals surface area contributed by atoms with Gasteiger partial charge in [-0.1, -0.05) is 30.7 Å². The number of hydrogen-bond acceptors (Lipinski definition) is 3. The Bertz CT molecular complexity index is 625. The minimum Gasteiger partial charge on any atom is -0.302 e. The van der Waals surface area contributed by atoms with Crippen LogP contribution in [0.4, 0.5) is 4.39 Å². The lowest BCUT2D eigenvalue weighted by molar-refractivity contribution is 0.501. The Balaban J connectivity index is 2.49. The molecule has 0 fully saturated rings. The molecule has 0 aliphatic heterocycles. The van der Waals surface area contributed by atoms with Gasteiger partial charge in [-0.15, -0.1) is 11.3 Å². The number of rotatable bonds is 5. The predicted octanol–water partition coefficient (Wildman–Crippen LogP) is 4.89. The summed E-state index contributed by atoms with van der Waals surface area (Å²) in [6.07, 6.45) is 0.884. The van der Waals surface area contributed by atoms with Crippen LogP contribution in [0.1, 0.15) is 48.0 Å². The molecule has 0 aliphatic rings.